The van der Waals surface area contributed by atoms with Crippen molar-refractivity contribution in [3.05, 3.63) is 48.0 Å². The van der Waals surface area contributed by atoms with E-state index < -0.39 is 5.60 Å². The SMILES string of the molecule is COc1cccc(CN2CCC(O)(Cn3ccnc3C)CC2)c1. The molecule has 1 fully saturated rings. The zero-order valence-electron chi connectivity index (χ0n) is 13.9. The van der Waals surface area contributed by atoms with Crippen LogP contribution in [0.3, 0.4) is 0 Å². The summed E-state index contributed by atoms with van der Waals surface area (Å²) in [6, 6.07) is 8.19. The Labute approximate surface area is 137 Å². The van der Waals surface area contributed by atoms with Crippen LogP contribution in [0.5, 0.6) is 5.75 Å². The molecule has 0 aliphatic carbocycles. The van der Waals surface area contributed by atoms with Crippen LogP contribution in [-0.4, -0.2) is 45.4 Å². The molecule has 1 aliphatic rings. The lowest BCUT2D eigenvalue weighted by molar-refractivity contribution is -0.0361. The monoisotopic (exact) mass is 315 g/mol. The van der Waals surface area contributed by atoms with Gasteiger partial charge in [0.25, 0.3) is 0 Å². The van der Waals surface area contributed by atoms with Crippen LogP contribution in [0.4, 0.5) is 0 Å². The van der Waals surface area contributed by atoms with E-state index in [1.54, 1.807) is 13.3 Å². The summed E-state index contributed by atoms with van der Waals surface area (Å²) in [4.78, 5) is 6.62. The number of hydrogen-bond acceptors (Lipinski definition) is 4. The number of nitrogens with zero attached hydrogens (tertiary/aromatic N) is 3. The van der Waals surface area contributed by atoms with E-state index in [-0.39, 0.29) is 0 Å². The molecular weight excluding hydrogens is 290 g/mol. The smallest absolute Gasteiger partial charge is 0.119 e. The molecule has 0 spiro atoms. The quantitative estimate of drug-likeness (QED) is 0.919. The van der Waals surface area contributed by atoms with Gasteiger partial charge in [-0.3, -0.25) is 4.90 Å². The van der Waals surface area contributed by atoms with Crippen LogP contribution in [0, 0.1) is 6.92 Å². The average Bonchev–Trinajstić information content (AvgIpc) is 2.95. The highest BCUT2D eigenvalue weighted by Gasteiger charge is 2.32. The fourth-order valence-corrected chi connectivity index (χ4v) is 3.20. The molecule has 0 saturated carbocycles. The first-order valence-electron chi connectivity index (χ1n) is 8.13. The predicted octanol–water partition coefficient (Wildman–Crippen LogP) is 2.23. The second-order valence-electron chi connectivity index (χ2n) is 6.45. The van der Waals surface area contributed by atoms with Gasteiger partial charge in [0.2, 0.25) is 0 Å². The maximum Gasteiger partial charge on any atom is 0.119 e. The first kappa shape index (κ1) is 16.0. The van der Waals surface area contributed by atoms with Crippen LogP contribution >= 0.6 is 0 Å². The van der Waals surface area contributed by atoms with Crippen molar-refractivity contribution in [1.82, 2.24) is 14.5 Å². The van der Waals surface area contributed by atoms with E-state index in [4.69, 9.17) is 4.74 Å². The number of likely N-dealkylation sites (tertiary alicyclic amines) is 1. The summed E-state index contributed by atoms with van der Waals surface area (Å²) < 4.78 is 7.32. The van der Waals surface area contributed by atoms with Crippen LogP contribution in [0.15, 0.2) is 36.7 Å². The molecule has 0 unspecified atom stereocenters. The average molecular weight is 315 g/mol. The number of aromatic nitrogens is 2. The minimum atomic E-state index is -0.629. The van der Waals surface area contributed by atoms with Gasteiger partial charge in [-0.1, -0.05) is 12.1 Å². The third-order valence-electron chi connectivity index (χ3n) is 4.72. The predicted molar refractivity (Wildman–Crippen MR) is 89.4 cm³/mol. The Morgan fingerprint density at radius 1 is 1.30 bits per heavy atom. The van der Waals surface area contributed by atoms with Crippen molar-refractivity contribution in [2.24, 2.45) is 0 Å². The normalized spacial score (nSPS) is 18.0. The zero-order chi connectivity index (χ0) is 16.3. The van der Waals surface area contributed by atoms with Gasteiger partial charge in [-0.2, -0.15) is 0 Å². The highest BCUT2D eigenvalue weighted by atomic mass is 16.5. The van der Waals surface area contributed by atoms with Crippen molar-refractivity contribution in [3.8, 4) is 5.75 Å². The fraction of sp³-hybridized carbons (Fsp3) is 0.500. The molecule has 0 amide bonds. The van der Waals surface area contributed by atoms with E-state index in [2.05, 4.69) is 22.0 Å². The number of hydrogen-bond donors (Lipinski definition) is 1. The zero-order valence-corrected chi connectivity index (χ0v) is 13.9. The largest absolute Gasteiger partial charge is 0.497 e. The van der Waals surface area contributed by atoms with Crippen molar-refractivity contribution < 1.29 is 9.84 Å². The summed E-state index contributed by atoms with van der Waals surface area (Å²) in [5.41, 5.74) is 0.622. The van der Waals surface area contributed by atoms with Crippen molar-refractivity contribution in [2.45, 2.75) is 38.5 Å². The van der Waals surface area contributed by atoms with E-state index in [1.807, 2.05) is 29.8 Å². The van der Waals surface area contributed by atoms with Gasteiger partial charge >= 0.3 is 0 Å². The number of benzene rings is 1. The topological polar surface area (TPSA) is 50.5 Å². The maximum atomic E-state index is 10.8. The van der Waals surface area contributed by atoms with Gasteiger partial charge in [0.15, 0.2) is 0 Å². The van der Waals surface area contributed by atoms with Crippen LogP contribution in [-0.2, 0) is 13.1 Å². The number of imidazole rings is 1. The third-order valence-corrected chi connectivity index (χ3v) is 4.72. The van der Waals surface area contributed by atoms with E-state index >= 15 is 0 Å². The lowest BCUT2D eigenvalue weighted by Gasteiger charge is -2.38. The van der Waals surface area contributed by atoms with E-state index in [1.165, 1.54) is 5.56 Å². The molecule has 1 saturated heterocycles. The van der Waals surface area contributed by atoms with Crippen molar-refractivity contribution in [1.29, 1.82) is 0 Å². The van der Waals surface area contributed by atoms with E-state index in [9.17, 15) is 5.11 Å². The molecule has 1 aromatic heterocycles. The summed E-state index contributed by atoms with van der Waals surface area (Å²) in [5.74, 6) is 1.85. The summed E-state index contributed by atoms with van der Waals surface area (Å²) in [7, 11) is 1.69. The number of aryl methyl sites for hydroxylation is 1. The Kier molecular flexibility index (Phi) is 4.68. The van der Waals surface area contributed by atoms with Crippen molar-refractivity contribution in [2.75, 3.05) is 20.2 Å². The fourth-order valence-electron chi connectivity index (χ4n) is 3.20. The molecule has 0 radical (unpaired) electrons. The van der Waals surface area contributed by atoms with Crippen LogP contribution in [0.25, 0.3) is 0 Å². The standard InChI is InChI=1S/C18H25N3O2/c1-15-19-8-11-21(15)14-18(22)6-9-20(10-7-18)13-16-4-3-5-17(12-16)23-2/h3-5,8,11-12,22H,6-7,9-10,13-14H2,1-2H3. The molecule has 23 heavy (non-hydrogen) atoms. The van der Waals surface area contributed by atoms with Crippen molar-refractivity contribution >= 4 is 0 Å². The van der Waals surface area contributed by atoms with Gasteiger partial charge in [-0.05, 0) is 37.5 Å². The third kappa shape index (κ3) is 3.92. The molecule has 1 aliphatic heterocycles. The summed E-state index contributed by atoms with van der Waals surface area (Å²) in [5, 5.41) is 10.8. The molecule has 1 aromatic carbocycles. The molecule has 2 heterocycles. The lowest BCUT2D eigenvalue weighted by atomic mass is 9.91. The number of aliphatic hydroxyl groups is 1. The van der Waals surface area contributed by atoms with Gasteiger partial charge < -0.3 is 14.4 Å². The van der Waals surface area contributed by atoms with Gasteiger partial charge in [0.1, 0.15) is 11.6 Å². The minimum Gasteiger partial charge on any atom is -0.497 e. The minimum absolute atomic E-state index is 0.629. The summed E-state index contributed by atoms with van der Waals surface area (Å²) in [6.45, 7) is 5.31. The Morgan fingerprint density at radius 3 is 2.74 bits per heavy atom. The Bertz CT molecular complexity index is 645. The van der Waals surface area contributed by atoms with Crippen LogP contribution in [0.2, 0.25) is 0 Å². The Morgan fingerprint density at radius 2 is 2.09 bits per heavy atom. The highest BCUT2D eigenvalue weighted by molar-refractivity contribution is 5.28. The number of ether oxygens (including phenoxy) is 1. The lowest BCUT2D eigenvalue weighted by Crippen LogP contribution is -2.46. The van der Waals surface area contributed by atoms with Gasteiger partial charge in [0, 0.05) is 32.0 Å². The second-order valence-corrected chi connectivity index (χ2v) is 6.45. The first-order valence-corrected chi connectivity index (χ1v) is 8.13. The number of methoxy groups -OCH3 is 1. The summed E-state index contributed by atoms with van der Waals surface area (Å²) in [6.07, 6.45) is 5.30. The van der Waals surface area contributed by atoms with Crippen LogP contribution < -0.4 is 4.74 Å². The first-order chi connectivity index (χ1) is 11.1. The molecular formula is C18H25N3O2. The van der Waals surface area contributed by atoms with Gasteiger partial charge in [-0.15, -0.1) is 0 Å². The molecule has 0 bridgehead atoms. The second kappa shape index (κ2) is 6.72. The Balaban J connectivity index is 1.56. The number of rotatable bonds is 5. The molecule has 2 aromatic rings. The molecule has 124 valence electrons. The highest BCUT2D eigenvalue weighted by Crippen LogP contribution is 2.26. The molecule has 0 atom stereocenters. The molecule has 5 nitrogen and oxygen atoms in total. The van der Waals surface area contributed by atoms with Crippen LogP contribution in [0.1, 0.15) is 24.2 Å². The van der Waals surface area contributed by atoms with E-state index in [0.717, 1.165) is 44.0 Å². The van der Waals surface area contributed by atoms with E-state index in [0.29, 0.717) is 6.54 Å². The maximum absolute atomic E-state index is 10.8. The molecule has 5 heteroatoms. The van der Waals surface area contributed by atoms with Crippen molar-refractivity contribution in [3.63, 3.8) is 0 Å². The molecule has 3 rings (SSSR count). The molecule has 1 N–H and O–H groups in total. The van der Waals surface area contributed by atoms with Gasteiger partial charge in [-0.25, -0.2) is 4.98 Å². The number of piperidine rings is 1. The van der Waals surface area contributed by atoms with Gasteiger partial charge in [0.05, 0.1) is 19.3 Å². The summed E-state index contributed by atoms with van der Waals surface area (Å²) >= 11 is 0. The Hall–Kier alpha value is -1.85.